The Bertz CT molecular complexity index is 780. The summed E-state index contributed by atoms with van der Waals surface area (Å²) in [6.07, 6.45) is -0.409. The Hall–Kier alpha value is -2.00. The lowest BCUT2D eigenvalue weighted by Crippen LogP contribution is -3.00. The van der Waals surface area contributed by atoms with Crippen LogP contribution in [0.15, 0.2) is 42.5 Å². The van der Waals surface area contributed by atoms with Gasteiger partial charge in [0.25, 0.3) is 0 Å². The highest BCUT2D eigenvalue weighted by atomic mass is 127. The summed E-state index contributed by atoms with van der Waals surface area (Å²) in [6.45, 7) is 2.07. The van der Waals surface area contributed by atoms with Gasteiger partial charge in [-0.15, -0.1) is 0 Å². The van der Waals surface area contributed by atoms with Crippen LogP contribution in [0.3, 0.4) is 0 Å². The summed E-state index contributed by atoms with van der Waals surface area (Å²) < 4.78 is 22.6. The van der Waals surface area contributed by atoms with Crippen molar-refractivity contribution in [3.05, 3.63) is 53.6 Å². The molecular formula is C22H30INO5. The van der Waals surface area contributed by atoms with Gasteiger partial charge in [0.05, 0.1) is 48.0 Å². The first-order valence-electron chi connectivity index (χ1n) is 9.10. The summed E-state index contributed by atoms with van der Waals surface area (Å²) in [6, 6.07) is 13.0. The first kappa shape index (κ1) is 25.0. The van der Waals surface area contributed by atoms with E-state index in [1.807, 2.05) is 30.3 Å². The molecule has 0 aromatic heterocycles. The fourth-order valence-corrected chi connectivity index (χ4v) is 2.88. The lowest BCUT2D eigenvalue weighted by Gasteiger charge is -2.36. The highest BCUT2D eigenvalue weighted by Gasteiger charge is 2.33. The molecule has 0 bridgehead atoms. The van der Waals surface area contributed by atoms with Gasteiger partial charge in [0.2, 0.25) is 5.75 Å². The molecule has 0 saturated carbocycles. The fourth-order valence-electron chi connectivity index (χ4n) is 2.88. The first-order chi connectivity index (χ1) is 13.2. The van der Waals surface area contributed by atoms with E-state index in [2.05, 4.69) is 28.1 Å². The predicted molar refractivity (Wildman–Crippen MR) is 108 cm³/mol. The van der Waals surface area contributed by atoms with E-state index in [0.717, 1.165) is 5.56 Å². The number of ether oxygens (including phenoxy) is 4. The minimum absolute atomic E-state index is 0. The number of quaternary nitrogens is 1. The standard InChI is InChI=1S/C22H30NO5.HI/c1-15(23(2,3)4)20(16-11-9-8-10-12-16)28-22(24)17-13-18(25-5)21(27-7)19(14-17)26-6;/h8-15,20H,1-7H3;1H/q+1;/p-1. The molecule has 2 atom stereocenters. The largest absolute Gasteiger partial charge is 1.00 e. The van der Waals surface area contributed by atoms with Crippen molar-refractivity contribution in [1.82, 2.24) is 0 Å². The number of nitrogens with zero attached hydrogens (tertiary/aromatic N) is 1. The highest BCUT2D eigenvalue weighted by molar-refractivity contribution is 5.91. The van der Waals surface area contributed by atoms with Gasteiger partial charge in [-0.1, -0.05) is 30.3 Å². The molecule has 2 unspecified atom stereocenters. The lowest BCUT2D eigenvalue weighted by atomic mass is 10.0. The summed E-state index contributed by atoms with van der Waals surface area (Å²) in [5.41, 5.74) is 1.29. The van der Waals surface area contributed by atoms with Crippen molar-refractivity contribution < 1.29 is 52.2 Å². The molecule has 0 N–H and O–H groups in total. The lowest BCUT2D eigenvalue weighted by molar-refractivity contribution is -0.898. The summed E-state index contributed by atoms with van der Waals surface area (Å²) in [7, 11) is 10.8. The van der Waals surface area contributed by atoms with E-state index in [1.165, 1.54) is 21.3 Å². The van der Waals surface area contributed by atoms with E-state index in [9.17, 15) is 4.79 Å². The Balaban J connectivity index is 0.00000420. The molecule has 0 aliphatic carbocycles. The van der Waals surface area contributed by atoms with E-state index in [-0.39, 0.29) is 30.0 Å². The van der Waals surface area contributed by atoms with Crippen molar-refractivity contribution in [2.75, 3.05) is 42.5 Å². The molecule has 0 amide bonds. The number of carbonyl (C=O) groups is 1. The van der Waals surface area contributed by atoms with Gasteiger partial charge in [0.15, 0.2) is 17.6 Å². The summed E-state index contributed by atoms with van der Waals surface area (Å²) >= 11 is 0. The summed E-state index contributed by atoms with van der Waals surface area (Å²) in [5.74, 6) is 0.795. The van der Waals surface area contributed by atoms with Crippen LogP contribution in [0.25, 0.3) is 0 Å². The minimum Gasteiger partial charge on any atom is -1.00 e. The zero-order valence-electron chi connectivity index (χ0n) is 18.1. The molecule has 7 heteroatoms. The van der Waals surface area contributed by atoms with Crippen molar-refractivity contribution in [2.24, 2.45) is 0 Å². The highest BCUT2D eigenvalue weighted by Crippen LogP contribution is 2.39. The van der Waals surface area contributed by atoms with E-state index in [0.29, 0.717) is 27.3 Å². The van der Waals surface area contributed by atoms with Gasteiger partial charge < -0.3 is 47.4 Å². The van der Waals surface area contributed by atoms with E-state index in [4.69, 9.17) is 18.9 Å². The van der Waals surface area contributed by atoms with Crippen molar-refractivity contribution in [2.45, 2.75) is 19.1 Å². The molecule has 0 heterocycles. The molecule has 0 radical (unpaired) electrons. The quantitative estimate of drug-likeness (QED) is 0.295. The second-order valence-electron chi connectivity index (χ2n) is 7.51. The van der Waals surface area contributed by atoms with Crippen LogP contribution in [-0.4, -0.2) is 59.0 Å². The van der Waals surface area contributed by atoms with Gasteiger partial charge in [0, 0.05) is 0 Å². The van der Waals surface area contributed by atoms with Crippen LogP contribution in [0.4, 0.5) is 0 Å². The van der Waals surface area contributed by atoms with Crippen LogP contribution < -0.4 is 38.2 Å². The van der Waals surface area contributed by atoms with Crippen molar-refractivity contribution in [1.29, 1.82) is 0 Å². The summed E-state index contributed by atoms with van der Waals surface area (Å²) in [4.78, 5) is 13.0. The van der Waals surface area contributed by atoms with Crippen LogP contribution in [0.5, 0.6) is 17.2 Å². The maximum atomic E-state index is 13.0. The molecule has 160 valence electrons. The topological polar surface area (TPSA) is 54.0 Å². The van der Waals surface area contributed by atoms with Gasteiger partial charge in [-0.25, -0.2) is 4.79 Å². The number of hydrogen-bond acceptors (Lipinski definition) is 5. The van der Waals surface area contributed by atoms with Gasteiger partial charge in [-0.3, -0.25) is 0 Å². The number of methoxy groups -OCH3 is 3. The molecule has 0 fully saturated rings. The second kappa shape index (κ2) is 10.7. The van der Waals surface area contributed by atoms with Crippen LogP contribution in [0.2, 0.25) is 0 Å². The molecule has 2 aromatic carbocycles. The zero-order chi connectivity index (χ0) is 20.9. The Kier molecular flexibility index (Phi) is 9.22. The predicted octanol–water partition coefficient (Wildman–Crippen LogP) is 0.709. The number of carbonyl (C=O) groups excluding carboxylic acids is 1. The molecule has 2 aromatic rings. The second-order valence-corrected chi connectivity index (χ2v) is 7.51. The molecule has 0 spiro atoms. The molecule has 6 nitrogen and oxygen atoms in total. The molecule has 29 heavy (non-hydrogen) atoms. The molecule has 2 rings (SSSR count). The van der Waals surface area contributed by atoms with Crippen LogP contribution >= 0.6 is 0 Å². The monoisotopic (exact) mass is 515 g/mol. The molecular weight excluding hydrogens is 485 g/mol. The average Bonchev–Trinajstić information content (AvgIpc) is 2.69. The first-order valence-corrected chi connectivity index (χ1v) is 9.10. The van der Waals surface area contributed by atoms with Gasteiger partial charge in [-0.2, -0.15) is 0 Å². The Morgan fingerprint density at radius 1 is 0.897 bits per heavy atom. The van der Waals surface area contributed by atoms with Crippen LogP contribution in [0, 0.1) is 0 Å². The van der Waals surface area contributed by atoms with Crippen molar-refractivity contribution in [3.63, 3.8) is 0 Å². The van der Waals surface area contributed by atoms with E-state index < -0.39 is 12.1 Å². The number of benzene rings is 2. The van der Waals surface area contributed by atoms with Gasteiger partial charge >= 0.3 is 5.97 Å². The van der Waals surface area contributed by atoms with E-state index >= 15 is 0 Å². The average molecular weight is 515 g/mol. The molecule has 0 aliphatic heterocycles. The number of halogens is 1. The minimum atomic E-state index is -0.451. The maximum Gasteiger partial charge on any atom is 0.339 e. The van der Waals surface area contributed by atoms with Crippen LogP contribution in [-0.2, 0) is 4.74 Å². The normalized spacial score (nSPS) is 12.9. The fraction of sp³-hybridized carbons (Fsp3) is 0.409. The van der Waals surface area contributed by atoms with Crippen molar-refractivity contribution >= 4 is 5.97 Å². The Morgan fingerprint density at radius 3 is 1.83 bits per heavy atom. The number of likely N-dealkylation sites (N-methyl/N-ethyl adjacent to an activating group) is 1. The Morgan fingerprint density at radius 2 is 1.41 bits per heavy atom. The number of hydrogen-bond donors (Lipinski definition) is 0. The SMILES string of the molecule is COc1cc(C(=O)OC(c2ccccc2)C(C)[N+](C)(C)C)cc(OC)c1OC.[I-]. The Labute approximate surface area is 190 Å². The summed E-state index contributed by atoms with van der Waals surface area (Å²) in [5, 5.41) is 0. The third-order valence-corrected chi connectivity index (χ3v) is 4.92. The number of rotatable bonds is 8. The smallest absolute Gasteiger partial charge is 0.339 e. The van der Waals surface area contributed by atoms with Crippen LogP contribution in [0.1, 0.15) is 28.9 Å². The third-order valence-electron chi connectivity index (χ3n) is 4.92. The van der Waals surface area contributed by atoms with Gasteiger partial charge in [-0.05, 0) is 24.6 Å². The zero-order valence-corrected chi connectivity index (χ0v) is 20.2. The molecule has 0 aliphatic rings. The van der Waals surface area contributed by atoms with Gasteiger partial charge in [0.1, 0.15) is 6.04 Å². The number of esters is 1. The maximum absolute atomic E-state index is 13.0. The molecule has 0 saturated heterocycles. The van der Waals surface area contributed by atoms with E-state index in [1.54, 1.807) is 12.1 Å². The van der Waals surface area contributed by atoms with Crippen molar-refractivity contribution in [3.8, 4) is 17.2 Å². The third kappa shape index (κ3) is 5.99.